The Morgan fingerprint density at radius 1 is 1.09 bits per heavy atom. The van der Waals surface area contributed by atoms with Crippen molar-refractivity contribution >= 4 is 49.9 Å². The number of hydrogen-bond donors (Lipinski definition) is 2. The molecule has 4 aromatic rings. The molecule has 0 saturated carbocycles. The van der Waals surface area contributed by atoms with Gasteiger partial charge in [0, 0.05) is 11.4 Å². The number of thioether (sulfide) groups is 1. The maximum absolute atomic E-state index is 13.1. The number of carbonyl (C=O) groups is 1. The molecule has 0 atom stereocenters. The summed E-state index contributed by atoms with van der Waals surface area (Å²) in [6, 6.07) is 17.3. The van der Waals surface area contributed by atoms with E-state index in [1.807, 2.05) is 29.6 Å². The van der Waals surface area contributed by atoms with Crippen molar-refractivity contribution in [1.82, 2.24) is 14.9 Å². The van der Waals surface area contributed by atoms with Crippen LogP contribution >= 0.6 is 23.1 Å². The molecule has 0 saturated heterocycles. The van der Waals surface area contributed by atoms with Gasteiger partial charge in [-0.05, 0) is 47.7 Å². The molecule has 0 fully saturated rings. The van der Waals surface area contributed by atoms with Gasteiger partial charge < -0.3 is 5.32 Å². The van der Waals surface area contributed by atoms with Gasteiger partial charge >= 0.3 is 0 Å². The maximum Gasteiger partial charge on any atom is 0.262 e. The average Bonchev–Trinajstić information content (AvgIpc) is 3.33. The smallest absolute Gasteiger partial charge is 0.262 e. The zero-order valence-corrected chi connectivity index (χ0v) is 20.5. The fourth-order valence-electron chi connectivity index (χ4n) is 3.33. The summed E-state index contributed by atoms with van der Waals surface area (Å²) in [6.45, 7) is 0.786. The predicted molar refractivity (Wildman–Crippen MR) is 135 cm³/mol. The van der Waals surface area contributed by atoms with Crippen LogP contribution in [-0.4, -0.2) is 36.2 Å². The van der Waals surface area contributed by atoms with Gasteiger partial charge in [-0.3, -0.25) is 14.2 Å². The Morgan fingerprint density at radius 2 is 1.85 bits per heavy atom. The summed E-state index contributed by atoms with van der Waals surface area (Å²) in [5.41, 5.74) is 1.34. The molecule has 3 N–H and O–H groups in total. The van der Waals surface area contributed by atoms with E-state index in [1.165, 1.54) is 23.9 Å². The maximum atomic E-state index is 13.1. The Labute approximate surface area is 204 Å². The number of nitrogens with one attached hydrogen (secondary N) is 1. The first-order valence-corrected chi connectivity index (χ1v) is 13.8. The Hall–Kier alpha value is -2.99. The van der Waals surface area contributed by atoms with Gasteiger partial charge in [-0.25, -0.2) is 18.5 Å². The SMILES string of the molecule is NS(=O)(=O)c1ccc(CCNC(=O)CSc2nc3ccccc3c(=O)n2Cc2cccs2)cc1. The van der Waals surface area contributed by atoms with E-state index < -0.39 is 10.0 Å². The molecule has 1 amide bonds. The van der Waals surface area contributed by atoms with Gasteiger partial charge in [0.1, 0.15) is 0 Å². The minimum Gasteiger partial charge on any atom is -0.355 e. The molecule has 0 aliphatic heterocycles. The van der Waals surface area contributed by atoms with E-state index in [-0.39, 0.29) is 22.1 Å². The average molecular weight is 515 g/mol. The highest BCUT2D eigenvalue weighted by Crippen LogP contribution is 2.20. The van der Waals surface area contributed by atoms with E-state index in [9.17, 15) is 18.0 Å². The second kappa shape index (κ2) is 10.5. The summed E-state index contributed by atoms with van der Waals surface area (Å²) in [4.78, 5) is 31.2. The number of carbonyl (C=O) groups excluding carboxylic acids is 1. The number of nitrogens with two attached hydrogens (primary N) is 1. The fourth-order valence-corrected chi connectivity index (χ4v) is 5.37. The third-order valence-corrected chi connectivity index (χ3v) is 7.81. The highest BCUT2D eigenvalue weighted by molar-refractivity contribution is 7.99. The lowest BCUT2D eigenvalue weighted by molar-refractivity contribution is -0.118. The summed E-state index contributed by atoms with van der Waals surface area (Å²) in [7, 11) is -3.73. The molecular formula is C23H22N4O4S3. The van der Waals surface area contributed by atoms with Crippen molar-refractivity contribution in [2.75, 3.05) is 12.3 Å². The van der Waals surface area contributed by atoms with Gasteiger partial charge in [-0.15, -0.1) is 11.3 Å². The first-order chi connectivity index (χ1) is 16.3. The quantitative estimate of drug-likeness (QED) is 0.261. The van der Waals surface area contributed by atoms with Crippen molar-refractivity contribution in [2.24, 2.45) is 5.14 Å². The number of sulfonamides is 1. The summed E-state index contributed by atoms with van der Waals surface area (Å²) >= 11 is 2.78. The third kappa shape index (κ3) is 5.92. The van der Waals surface area contributed by atoms with Crippen LogP contribution in [0.25, 0.3) is 10.9 Å². The number of aromatic nitrogens is 2. The van der Waals surface area contributed by atoms with Gasteiger partial charge in [0.05, 0.1) is 28.1 Å². The van der Waals surface area contributed by atoms with Gasteiger partial charge in [0.25, 0.3) is 5.56 Å². The van der Waals surface area contributed by atoms with Gasteiger partial charge in [-0.2, -0.15) is 0 Å². The molecule has 0 aliphatic rings. The van der Waals surface area contributed by atoms with E-state index >= 15 is 0 Å². The molecule has 11 heteroatoms. The lowest BCUT2D eigenvalue weighted by atomic mass is 10.1. The first kappa shape index (κ1) is 24.1. The molecule has 2 aromatic heterocycles. The van der Waals surface area contributed by atoms with E-state index in [1.54, 1.807) is 40.2 Å². The highest BCUT2D eigenvalue weighted by atomic mass is 32.2. The number of primary sulfonamides is 1. The second-order valence-corrected chi connectivity index (χ2v) is 11.0. The van der Waals surface area contributed by atoms with E-state index in [0.717, 1.165) is 10.4 Å². The molecule has 176 valence electrons. The van der Waals surface area contributed by atoms with Crippen molar-refractivity contribution in [3.8, 4) is 0 Å². The first-order valence-electron chi connectivity index (χ1n) is 10.3. The summed E-state index contributed by atoms with van der Waals surface area (Å²) in [5, 5.41) is 10.9. The minimum atomic E-state index is -3.73. The summed E-state index contributed by atoms with van der Waals surface area (Å²) < 4.78 is 24.3. The number of thiophene rings is 1. The molecule has 2 heterocycles. The van der Waals surface area contributed by atoms with Crippen molar-refractivity contribution in [2.45, 2.75) is 23.0 Å². The zero-order chi connectivity index (χ0) is 24.1. The van der Waals surface area contributed by atoms with Gasteiger partial charge in [-0.1, -0.05) is 42.1 Å². The largest absolute Gasteiger partial charge is 0.355 e. The minimum absolute atomic E-state index is 0.0492. The van der Waals surface area contributed by atoms with E-state index in [0.29, 0.717) is 35.6 Å². The van der Waals surface area contributed by atoms with Gasteiger partial charge in [0.2, 0.25) is 15.9 Å². The van der Waals surface area contributed by atoms with Crippen LogP contribution < -0.4 is 16.0 Å². The monoisotopic (exact) mass is 514 g/mol. The number of nitrogens with zero attached hydrogens (tertiary/aromatic N) is 2. The van der Waals surface area contributed by atoms with Crippen LogP contribution in [-0.2, 0) is 27.8 Å². The highest BCUT2D eigenvalue weighted by Gasteiger charge is 2.14. The number of hydrogen-bond acceptors (Lipinski definition) is 7. The summed E-state index contributed by atoms with van der Waals surface area (Å²) in [6.07, 6.45) is 0.540. The normalized spacial score (nSPS) is 11.6. The number of benzene rings is 2. The molecule has 0 aliphatic carbocycles. The number of amides is 1. The van der Waals surface area contributed by atoms with Crippen molar-refractivity contribution in [3.63, 3.8) is 0 Å². The van der Waals surface area contributed by atoms with Gasteiger partial charge in [0.15, 0.2) is 5.16 Å². The molecule has 0 bridgehead atoms. The zero-order valence-electron chi connectivity index (χ0n) is 18.0. The van der Waals surface area contributed by atoms with Crippen LogP contribution in [0, 0.1) is 0 Å². The molecule has 0 radical (unpaired) electrons. The number of rotatable bonds is 9. The van der Waals surface area contributed by atoms with Crippen molar-refractivity contribution in [1.29, 1.82) is 0 Å². The lowest BCUT2D eigenvalue weighted by Crippen LogP contribution is -2.28. The lowest BCUT2D eigenvalue weighted by Gasteiger charge is -2.12. The Bertz CT molecular complexity index is 1460. The number of fused-ring (bicyclic) bond motifs is 1. The van der Waals surface area contributed by atoms with Crippen LogP contribution in [0.1, 0.15) is 10.4 Å². The predicted octanol–water partition coefficient (Wildman–Crippen LogP) is 2.60. The Balaban J connectivity index is 1.40. The van der Waals surface area contributed by atoms with E-state index in [2.05, 4.69) is 10.3 Å². The topological polar surface area (TPSA) is 124 Å². The van der Waals surface area contributed by atoms with Crippen LogP contribution in [0.3, 0.4) is 0 Å². The molecular weight excluding hydrogens is 492 g/mol. The molecule has 4 rings (SSSR count). The van der Waals surface area contributed by atoms with Crippen LogP contribution in [0.2, 0.25) is 0 Å². The Kier molecular flexibility index (Phi) is 7.47. The Morgan fingerprint density at radius 3 is 2.56 bits per heavy atom. The molecule has 0 unspecified atom stereocenters. The molecule has 34 heavy (non-hydrogen) atoms. The fraction of sp³-hybridized carbons (Fsp3) is 0.174. The molecule has 2 aromatic carbocycles. The summed E-state index contributed by atoms with van der Waals surface area (Å²) in [5.74, 6) is -0.0733. The van der Waals surface area contributed by atoms with E-state index in [4.69, 9.17) is 5.14 Å². The van der Waals surface area contributed by atoms with Crippen LogP contribution in [0.5, 0.6) is 0 Å². The van der Waals surface area contributed by atoms with Crippen LogP contribution in [0.4, 0.5) is 0 Å². The third-order valence-electron chi connectivity index (χ3n) is 5.04. The molecule has 0 spiro atoms. The number of para-hydroxylation sites is 1. The van der Waals surface area contributed by atoms with Crippen molar-refractivity contribution < 1.29 is 13.2 Å². The molecule has 8 nitrogen and oxygen atoms in total. The second-order valence-electron chi connectivity index (χ2n) is 7.46. The van der Waals surface area contributed by atoms with Crippen LogP contribution in [0.15, 0.2) is 80.9 Å². The standard InChI is InChI=1S/C23H22N4O4S3/c24-34(30,31)18-9-7-16(8-10-18)11-12-25-21(28)15-33-23-26-20-6-2-1-5-19(20)22(29)27(23)14-17-4-3-13-32-17/h1-10,13H,11-12,14-15H2,(H,25,28)(H2,24,30,31). The van der Waals surface area contributed by atoms with Crippen molar-refractivity contribution in [3.05, 3.63) is 86.8 Å².